The Hall–Kier alpha value is -0.570. The predicted molar refractivity (Wildman–Crippen MR) is 56.0 cm³/mol. The normalized spacial score (nSPS) is 32.9. The monoisotopic (exact) mass is 199 g/mol. The lowest BCUT2D eigenvalue weighted by Crippen LogP contribution is -2.37. The van der Waals surface area contributed by atoms with Gasteiger partial charge in [0, 0.05) is 12.5 Å². The van der Waals surface area contributed by atoms with Gasteiger partial charge in [0.25, 0.3) is 0 Å². The molecule has 82 valence electrons. The maximum atomic E-state index is 10.6. The van der Waals surface area contributed by atoms with Gasteiger partial charge in [-0.15, -0.1) is 0 Å². The average Bonchev–Trinajstić information content (AvgIpc) is 2.10. The van der Waals surface area contributed by atoms with E-state index < -0.39 is 5.97 Å². The van der Waals surface area contributed by atoms with Crippen LogP contribution in [0.3, 0.4) is 0 Å². The summed E-state index contributed by atoms with van der Waals surface area (Å²) in [5, 5.41) is 8.74. The van der Waals surface area contributed by atoms with Crippen molar-refractivity contribution in [1.29, 1.82) is 0 Å². The number of carboxylic acids is 1. The zero-order chi connectivity index (χ0) is 10.6. The molecule has 0 spiro atoms. The highest BCUT2D eigenvalue weighted by atomic mass is 16.4. The summed E-state index contributed by atoms with van der Waals surface area (Å²) >= 11 is 0. The summed E-state index contributed by atoms with van der Waals surface area (Å²) in [6, 6.07) is 0.110. The fraction of sp³-hybridized carbons (Fsp3) is 0.909. The van der Waals surface area contributed by atoms with E-state index in [-0.39, 0.29) is 18.4 Å². The Bertz CT molecular complexity index is 194. The van der Waals surface area contributed by atoms with Crippen LogP contribution in [0.4, 0.5) is 0 Å². The molecule has 0 saturated heterocycles. The van der Waals surface area contributed by atoms with Crippen LogP contribution in [-0.4, -0.2) is 17.1 Å². The quantitative estimate of drug-likeness (QED) is 0.728. The first kappa shape index (κ1) is 11.5. The van der Waals surface area contributed by atoms with Crippen molar-refractivity contribution in [3.8, 4) is 0 Å². The van der Waals surface area contributed by atoms with Gasteiger partial charge < -0.3 is 10.8 Å². The van der Waals surface area contributed by atoms with Crippen LogP contribution in [0.25, 0.3) is 0 Å². The van der Waals surface area contributed by atoms with Crippen LogP contribution in [0.2, 0.25) is 0 Å². The second kappa shape index (κ2) is 5.35. The summed E-state index contributed by atoms with van der Waals surface area (Å²) in [6.07, 6.45) is 5.87. The van der Waals surface area contributed by atoms with Crippen LogP contribution in [0.15, 0.2) is 0 Å². The van der Waals surface area contributed by atoms with Crippen LogP contribution in [0.5, 0.6) is 0 Å². The third kappa shape index (κ3) is 3.29. The molecule has 1 fully saturated rings. The largest absolute Gasteiger partial charge is 0.481 e. The molecule has 3 nitrogen and oxygen atoms in total. The van der Waals surface area contributed by atoms with E-state index in [1.165, 1.54) is 19.3 Å². The first-order chi connectivity index (χ1) is 6.63. The molecular weight excluding hydrogens is 178 g/mol. The highest BCUT2D eigenvalue weighted by molar-refractivity contribution is 5.67. The third-order valence-electron chi connectivity index (χ3n) is 3.28. The Morgan fingerprint density at radius 1 is 1.50 bits per heavy atom. The lowest BCUT2D eigenvalue weighted by atomic mass is 9.75. The molecule has 1 saturated carbocycles. The van der Waals surface area contributed by atoms with Crippen molar-refractivity contribution in [2.45, 2.75) is 51.5 Å². The van der Waals surface area contributed by atoms with E-state index in [4.69, 9.17) is 10.8 Å². The van der Waals surface area contributed by atoms with Crippen molar-refractivity contribution in [2.75, 3.05) is 0 Å². The zero-order valence-electron chi connectivity index (χ0n) is 8.91. The van der Waals surface area contributed by atoms with Crippen LogP contribution in [0, 0.1) is 11.8 Å². The second-order valence-electron chi connectivity index (χ2n) is 4.49. The first-order valence-corrected chi connectivity index (χ1v) is 5.60. The Morgan fingerprint density at radius 2 is 2.21 bits per heavy atom. The highest BCUT2D eigenvalue weighted by Crippen LogP contribution is 2.32. The lowest BCUT2D eigenvalue weighted by Gasteiger charge is -2.33. The Kier molecular flexibility index (Phi) is 4.39. The van der Waals surface area contributed by atoms with Crippen molar-refractivity contribution < 1.29 is 9.90 Å². The maximum absolute atomic E-state index is 10.6. The van der Waals surface area contributed by atoms with E-state index in [1.54, 1.807) is 0 Å². The number of hydrogen-bond acceptors (Lipinski definition) is 2. The fourth-order valence-corrected chi connectivity index (χ4v) is 2.51. The summed E-state index contributed by atoms with van der Waals surface area (Å²) in [6.45, 7) is 2.18. The summed E-state index contributed by atoms with van der Waals surface area (Å²) in [5.74, 6) is 0.213. The second-order valence-corrected chi connectivity index (χ2v) is 4.49. The molecule has 0 aliphatic heterocycles. The standard InChI is InChI=1S/C11H21NO2/c1-2-3-8-4-5-10(12)9(6-8)7-11(13)14/h8-10H,2-7,12H2,1H3,(H,13,14). The first-order valence-electron chi connectivity index (χ1n) is 5.60. The van der Waals surface area contributed by atoms with E-state index in [1.807, 2.05) is 0 Å². The topological polar surface area (TPSA) is 63.3 Å². The third-order valence-corrected chi connectivity index (χ3v) is 3.28. The average molecular weight is 199 g/mol. The summed E-state index contributed by atoms with van der Waals surface area (Å²) in [5.41, 5.74) is 5.92. The summed E-state index contributed by atoms with van der Waals surface area (Å²) < 4.78 is 0. The molecule has 3 unspecified atom stereocenters. The van der Waals surface area contributed by atoms with E-state index in [2.05, 4.69) is 6.92 Å². The summed E-state index contributed by atoms with van der Waals surface area (Å²) in [4.78, 5) is 10.6. The molecule has 0 aromatic carbocycles. The predicted octanol–water partition coefficient (Wildman–Crippen LogP) is 2.00. The molecular formula is C11H21NO2. The lowest BCUT2D eigenvalue weighted by molar-refractivity contribution is -0.138. The molecule has 0 radical (unpaired) electrons. The number of carboxylic acid groups (broad SMARTS) is 1. The van der Waals surface area contributed by atoms with E-state index in [0.29, 0.717) is 5.92 Å². The Morgan fingerprint density at radius 3 is 2.79 bits per heavy atom. The van der Waals surface area contributed by atoms with Gasteiger partial charge in [0.2, 0.25) is 0 Å². The molecule has 3 heteroatoms. The number of rotatable bonds is 4. The highest BCUT2D eigenvalue weighted by Gasteiger charge is 2.28. The minimum Gasteiger partial charge on any atom is -0.481 e. The van der Waals surface area contributed by atoms with Crippen LogP contribution >= 0.6 is 0 Å². The minimum absolute atomic E-state index is 0.110. The van der Waals surface area contributed by atoms with Gasteiger partial charge in [-0.2, -0.15) is 0 Å². The van der Waals surface area contributed by atoms with Gasteiger partial charge in [-0.05, 0) is 31.1 Å². The van der Waals surface area contributed by atoms with Gasteiger partial charge in [0.15, 0.2) is 0 Å². The van der Waals surface area contributed by atoms with Gasteiger partial charge in [0.05, 0.1) is 0 Å². The van der Waals surface area contributed by atoms with Gasteiger partial charge in [0.1, 0.15) is 0 Å². The van der Waals surface area contributed by atoms with Crippen LogP contribution in [0.1, 0.15) is 45.4 Å². The number of aliphatic carboxylic acids is 1. The molecule has 0 bridgehead atoms. The molecule has 0 aromatic heterocycles. The van der Waals surface area contributed by atoms with E-state index in [9.17, 15) is 4.79 Å². The fourth-order valence-electron chi connectivity index (χ4n) is 2.51. The number of nitrogens with two attached hydrogens (primary N) is 1. The Balaban J connectivity index is 2.42. The van der Waals surface area contributed by atoms with Crippen molar-refractivity contribution >= 4 is 5.97 Å². The Labute approximate surface area is 85.7 Å². The number of hydrogen-bond donors (Lipinski definition) is 2. The van der Waals surface area contributed by atoms with Gasteiger partial charge in [-0.25, -0.2) is 0 Å². The number of carbonyl (C=O) groups is 1. The molecule has 1 aliphatic carbocycles. The van der Waals surface area contributed by atoms with E-state index in [0.717, 1.165) is 12.8 Å². The molecule has 1 rings (SSSR count). The van der Waals surface area contributed by atoms with E-state index >= 15 is 0 Å². The molecule has 0 heterocycles. The van der Waals surface area contributed by atoms with Crippen LogP contribution < -0.4 is 5.73 Å². The van der Waals surface area contributed by atoms with Crippen molar-refractivity contribution in [3.05, 3.63) is 0 Å². The molecule has 0 amide bonds. The maximum Gasteiger partial charge on any atom is 0.303 e. The molecule has 3 atom stereocenters. The summed E-state index contributed by atoms with van der Waals surface area (Å²) in [7, 11) is 0. The zero-order valence-corrected chi connectivity index (χ0v) is 8.91. The molecule has 1 aliphatic rings. The van der Waals surface area contributed by atoms with Crippen molar-refractivity contribution in [3.63, 3.8) is 0 Å². The van der Waals surface area contributed by atoms with Crippen molar-refractivity contribution in [2.24, 2.45) is 17.6 Å². The SMILES string of the molecule is CCCC1CCC(N)C(CC(=O)O)C1. The molecule has 0 aromatic rings. The van der Waals surface area contributed by atoms with Gasteiger partial charge in [-0.3, -0.25) is 4.79 Å². The molecule has 14 heavy (non-hydrogen) atoms. The van der Waals surface area contributed by atoms with Gasteiger partial charge >= 0.3 is 5.97 Å². The smallest absolute Gasteiger partial charge is 0.303 e. The van der Waals surface area contributed by atoms with Crippen LogP contribution in [-0.2, 0) is 4.79 Å². The minimum atomic E-state index is -0.706. The molecule has 3 N–H and O–H groups in total. The van der Waals surface area contributed by atoms with Gasteiger partial charge in [-0.1, -0.05) is 19.8 Å². The van der Waals surface area contributed by atoms with Crippen molar-refractivity contribution in [1.82, 2.24) is 0 Å².